The normalized spacial score (nSPS) is 41.7. The number of aromatic nitrogens is 2. The topological polar surface area (TPSA) is 25.8 Å². The molecular weight excluding hydrogens is 320 g/mol. The second-order valence-electron chi connectivity index (χ2n) is 6.81. The van der Waals surface area contributed by atoms with Gasteiger partial charge in [-0.1, -0.05) is 22.9 Å². The molecule has 0 saturated heterocycles. The van der Waals surface area contributed by atoms with E-state index in [-0.39, 0.29) is 0 Å². The molecule has 5 rings (SSSR count). The summed E-state index contributed by atoms with van der Waals surface area (Å²) in [6.07, 6.45) is 8.50. The van der Waals surface area contributed by atoms with Gasteiger partial charge in [0.15, 0.2) is 0 Å². The molecule has 104 valence electrons. The number of nitrogens with zero attached hydrogens (tertiary/aromatic N) is 2. The molecule has 4 aliphatic rings. The molecule has 4 fully saturated rings. The maximum absolute atomic E-state index is 4.57. The van der Waals surface area contributed by atoms with Gasteiger partial charge in [0.2, 0.25) is 0 Å². The molecular formula is C15H21BrN2S. The minimum atomic E-state index is 0.399. The van der Waals surface area contributed by atoms with Gasteiger partial charge >= 0.3 is 0 Å². The first-order valence-corrected chi connectivity index (χ1v) is 9.45. The van der Waals surface area contributed by atoms with E-state index in [4.69, 9.17) is 0 Å². The molecule has 1 heterocycles. The second-order valence-corrected chi connectivity index (χ2v) is 8.96. The lowest BCUT2D eigenvalue weighted by atomic mass is 9.52. The van der Waals surface area contributed by atoms with Crippen LogP contribution in [0, 0.1) is 23.7 Å². The summed E-state index contributed by atoms with van der Waals surface area (Å²) in [4.78, 5) is 0.399. The summed E-state index contributed by atoms with van der Waals surface area (Å²) in [6, 6.07) is 0. The number of rotatable bonds is 3. The van der Waals surface area contributed by atoms with Gasteiger partial charge in [-0.25, -0.2) is 0 Å². The minimum absolute atomic E-state index is 0.399. The largest absolute Gasteiger partial charge is 0.143 e. The van der Waals surface area contributed by atoms with E-state index in [1.807, 2.05) is 11.3 Å². The summed E-state index contributed by atoms with van der Waals surface area (Å²) >= 11 is 5.58. The van der Waals surface area contributed by atoms with Gasteiger partial charge in [-0.15, -0.1) is 21.5 Å². The van der Waals surface area contributed by atoms with Gasteiger partial charge in [0.05, 0.1) is 4.83 Å². The molecule has 0 aliphatic heterocycles. The van der Waals surface area contributed by atoms with Crippen molar-refractivity contribution in [3.8, 4) is 0 Å². The van der Waals surface area contributed by atoms with Crippen molar-refractivity contribution in [1.82, 2.24) is 10.2 Å². The fourth-order valence-corrected chi connectivity index (χ4v) is 6.58. The quantitative estimate of drug-likeness (QED) is 0.729. The number of alkyl halides is 1. The third-order valence-corrected chi connectivity index (χ3v) is 8.12. The van der Waals surface area contributed by atoms with Gasteiger partial charge < -0.3 is 0 Å². The van der Waals surface area contributed by atoms with Crippen LogP contribution in [0.2, 0.25) is 0 Å². The molecule has 19 heavy (non-hydrogen) atoms. The first-order chi connectivity index (χ1) is 9.24. The molecule has 1 atom stereocenters. The third-order valence-electron chi connectivity index (χ3n) is 5.59. The first-order valence-electron chi connectivity index (χ1n) is 7.72. The molecule has 4 aliphatic carbocycles. The summed E-state index contributed by atoms with van der Waals surface area (Å²) in [5, 5.41) is 11.5. The van der Waals surface area contributed by atoms with E-state index in [0.717, 1.165) is 36.0 Å². The lowest BCUT2D eigenvalue weighted by molar-refractivity contribution is -0.00303. The number of hydrogen-bond donors (Lipinski definition) is 0. The van der Waals surface area contributed by atoms with Crippen molar-refractivity contribution >= 4 is 27.3 Å². The van der Waals surface area contributed by atoms with Crippen LogP contribution in [-0.4, -0.2) is 10.2 Å². The predicted molar refractivity (Wildman–Crippen MR) is 81.7 cm³/mol. The minimum Gasteiger partial charge on any atom is -0.143 e. The zero-order chi connectivity index (χ0) is 13.0. The molecule has 4 saturated carbocycles. The molecule has 1 aromatic rings. The summed E-state index contributed by atoms with van der Waals surface area (Å²) in [7, 11) is 0. The summed E-state index contributed by atoms with van der Waals surface area (Å²) in [5.74, 6) is 4.69. The van der Waals surface area contributed by atoms with Crippen molar-refractivity contribution in [2.45, 2.75) is 56.2 Å². The van der Waals surface area contributed by atoms with E-state index < -0.39 is 0 Å². The van der Waals surface area contributed by atoms with Crippen molar-refractivity contribution in [3.05, 3.63) is 10.0 Å². The SMILES string of the molecule is CCC(Br)c1nnc(C2C3CC4CC(C3)CC2C4)s1. The van der Waals surface area contributed by atoms with Gasteiger partial charge in [-0.2, -0.15) is 0 Å². The smallest absolute Gasteiger partial charge is 0.131 e. The molecule has 4 heteroatoms. The number of halogens is 1. The van der Waals surface area contributed by atoms with Crippen LogP contribution < -0.4 is 0 Å². The second kappa shape index (κ2) is 4.80. The van der Waals surface area contributed by atoms with E-state index in [9.17, 15) is 0 Å². The Kier molecular flexibility index (Phi) is 3.22. The highest BCUT2D eigenvalue weighted by atomic mass is 79.9. The average Bonchev–Trinajstić information content (AvgIpc) is 2.86. The third kappa shape index (κ3) is 2.10. The Morgan fingerprint density at radius 1 is 1.11 bits per heavy atom. The van der Waals surface area contributed by atoms with Crippen LogP contribution in [0.15, 0.2) is 0 Å². The summed E-state index contributed by atoms with van der Waals surface area (Å²) < 4.78 is 0. The lowest BCUT2D eigenvalue weighted by Crippen LogP contribution is -2.43. The zero-order valence-corrected chi connectivity index (χ0v) is 13.8. The van der Waals surface area contributed by atoms with Crippen LogP contribution in [0.3, 0.4) is 0 Å². The Bertz CT molecular complexity index is 444. The molecule has 1 aromatic heterocycles. The zero-order valence-electron chi connectivity index (χ0n) is 11.4. The summed E-state index contributed by atoms with van der Waals surface area (Å²) in [6.45, 7) is 2.20. The van der Waals surface area contributed by atoms with Gasteiger partial charge in [0, 0.05) is 5.92 Å². The molecule has 0 N–H and O–H groups in total. The maximum atomic E-state index is 4.57. The fourth-order valence-electron chi connectivity index (χ4n) is 5.01. The van der Waals surface area contributed by atoms with Crippen molar-refractivity contribution < 1.29 is 0 Å². The van der Waals surface area contributed by atoms with E-state index in [1.165, 1.54) is 42.1 Å². The van der Waals surface area contributed by atoms with Crippen molar-refractivity contribution in [2.24, 2.45) is 23.7 Å². The van der Waals surface area contributed by atoms with Crippen LogP contribution in [0.25, 0.3) is 0 Å². The van der Waals surface area contributed by atoms with Crippen LogP contribution in [-0.2, 0) is 0 Å². The maximum Gasteiger partial charge on any atom is 0.131 e. The Morgan fingerprint density at radius 3 is 2.32 bits per heavy atom. The highest BCUT2D eigenvalue weighted by molar-refractivity contribution is 9.09. The van der Waals surface area contributed by atoms with Crippen LogP contribution in [0.1, 0.15) is 66.2 Å². The molecule has 1 unspecified atom stereocenters. The van der Waals surface area contributed by atoms with Gasteiger partial charge in [-0.3, -0.25) is 0 Å². The molecule has 0 spiro atoms. The van der Waals surface area contributed by atoms with E-state index >= 15 is 0 Å². The van der Waals surface area contributed by atoms with Crippen LogP contribution in [0.5, 0.6) is 0 Å². The van der Waals surface area contributed by atoms with Crippen molar-refractivity contribution in [3.63, 3.8) is 0 Å². The van der Waals surface area contributed by atoms with Gasteiger partial charge in [-0.05, 0) is 62.2 Å². The molecule has 0 amide bonds. The van der Waals surface area contributed by atoms with E-state index in [1.54, 1.807) is 0 Å². The first kappa shape index (κ1) is 12.8. The van der Waals surface area contributed by atoms with Gasteiger partial charge in [0.1, 0.15) is 10.0 Å². The van der Waals surface area contributed by atoms with Crippen molar-refractivity contribution in [2.75, 3.05) is 0 Å². The van der Waals surface area contributed by atoms with E-state index in [0.29, 0.717) is 4.83 Å². The van der Waals surface area contributed by atoms with Crippen LogP contribution >= 0.6 is 27.3 Å². The Balaban J connectivity index is 1.60. The highest BCUT2D eigenvalue weighted by Gasteiger charge is 2.49. The monoisotopic (exact) mass is 340 g/mol. The standard InChI is InChI=1S/C15H21BrN2S/c1-2-12(16)14-17-18-15(19-14)13-10-4-8-3-9(6-10)7-11(13)5-8/h8-13H,2-7H2,1H3. The fraction of sp³-hybridized carbons (Fsp3) is 0.867. The molecule has 4 bridgehead atoms. The molecule has 0 aromatic carbocycles. The summed E-state index contributed by atoms with van der Waals surface area (Å²) in [5.41, 5.74) is 0. The van der Waals surface area contributed by atoms with E-state index in [2.05, 4.69) is 33.1 Å². The van der Waals surface area contributed by atoms with Crippen LogP contribution in [0.4, 0.5) is 0 Å². The Labute approximate surface area is 127 Å². The number of hydrogen-bond acceptors (Lipinski definition) is 3. The van der Waals surface area contributed by atoms with Crippen molar-refractivity contribution in [1.29, 1.82) is 0 Å². The molecule has 2 nitrogen and oxygen atoms in total. The Morgan fingerprint density at radius 2 is 1.74 bits per heavy atom. The highest BCUT2D eigenvalue weighted by Crippen LogP contribution is 2.60. The average molecular weight is 341 g/mol. The molecule has 0 radical (unpaired) electrons. The Hall–Kier alpha value is 0.0400. The van der Waals surface area contributed by atoms with Gasteiger partial charge in [0.25, 0.3) is 0 Å². The predicted octanol–water partition coefficient (Wildman–Crippen LogP) is 4.92. The lowest BCUT2D eigenvalue weighted by Gasteiger charge is -2.53.